The van der Waals surface area contributed by atoms with Gasteiger partial charge in [0, 0.05) is 33.9 Å². The Balaban J connectivity index is 1.07. The molecule has 272 valence electrons. The summed E-state index contributed by atoms with van der Waals surface area (Å²) in [6.07, 6.45) is 2.40. The Morgan fingerprint density at radius 3 is 1.45 bits per heavy atom. The van der Waals surface area contributed by atoms with Crippen LogP contribution in [-0.2, 0) is 16.2 Å². The second-order valence-corrected chi connectivity index (χ2v) is 17.3. The number of anilines is 6. The van der Waals surface area contributed by atoms with Crippen molar-refractivity contribution < 1.29 is 0 Å². The fraction of sp³-hybridized carbons (Fsp3) is 0.208. The van der Waals surface area contributed by atoms with Gasteiger partial charge in [0.2, 0.25) is 0 Å². The van der Waals surface area contributed by atoms with Crippen molar-refractivity contribution in [2.45, 2.75) is 70.6 Å². The van der Waals surface area contributed by atoms with Gasteiger partial charge in [0.25, 0.3) is 0 Å². The first-order valence-electron chi connectivity index (χ1n) is 19.8. The summed E-state index contributed by atoms with van der Waals surface area (Å²) in [7, 11) is 0. The second-order valence-electron chi connectivity index (χ2n) is 17.3. The highest BCUT2D eigenvalue weighted by atomic mass is 15.1. The van der Waals surface area contributed by atoms with Crippen molar-refractivity contribution in [3.05, 3.63) is 192 Å². The lowest BCUT2D eigenvalue weighted by Crippen LogP contribution is -2.34. The topological polar surface area (TPSA) is 6.48 Å². The molecule has 0 spiro atoms. The van der Waals surface area contributed by atoms with Gasteiger partial charge >= 0.3 is 0 Å². The molecule has 9 rings (SSSR count). The molecule has 0 aromatic heterocycles. The zero-order valence-electron chi connectivity index (χ0n) is 33.0. The Morgan fingerprint density at radius 2 is 0.836 bits per heavy atom. The van der Waals surface area contributed by atoms with Crippen molar-refractivity contribution in [1.82, 2.24) is 0 Å². The third-order valence-electron chi connectivity index (χ3n) is 12.5. The molecule has 0 atom stereocenters. The van der Waals surface area contributed by atoms with Crippen LogP contribution in [0, 0.1) is 0 Å². The van der Waals surface area contributed by atoms with Gasteiger partial charge in [-0.05, 0) is 135 Å². The number of hydrogen-bond donors (Lipinski definition) is 0. The highest BCUT2D eigenvalue weighted by Crippen LogP contribution is 2.54. The first-order valence-corrected chi connectivity index (χ1v) is 19.8. The van der Waals surface area contributed by atoms with Gasteiger partial charge < -0.3 is 9.80 Å². The summed E-state index contributed by atoms with van der Waals surface area (Å²) >= 11 is 0. The van der Waals surface area contributed by atoms with Gasteiger partial charge in [-0.1, -0.05) is 145 Å². The molecule has 0 bridgehead atoms. The van der Waals surface area contributed by atoms with Gasteiger partial charge in [-0.3, -0.25) is 0 Å². The summed E-state index contributed by atoms with van der Waals surface area (Å²) in [4.78, 5) is 4.83. The van der Waals surface area contributed by atoms with E-state index in [4.69, 9.17) is 0 Å². The quantitative estimate of drug-likeness (QED) is 0.162. The molecule has 2 heteroatoms. The lowest BCUT2D eigenvalue weighted by atomic mass is 9.63. The number of hydrogen-bond acceptors (Lipinski definition) is 2. The Morgan fingerprint density at radius 1 is 0.364 bits per heavy atom. The highest BCUT2D eigenvalue weighted by molar-refractivity contribution is 5.91. The minimum absolute atomic E-state index is 0.128. The van der Waals surface area contributed by atoms with Crippen LogP contribution in [0.1, 0.15) is 76.6 Å². The van der Waals surface area contributed by atoms with Gasteiger partial charge in [-0.2, -0.15) is 0 Å². The van der Waals surface area contributed by atoms with E-state index in [1.807, 2.05) is 0 Å². The molecule has 0 N–H and O–H groups in total. The monoisotopic (exact) mass is 714 g/mol. The molecule has 0 saturated heterocycles. The van der Waals surface area contributed by atoms with Crippen LogP contribution in [0.15, 0.2) is 170 Å². The number of nitrogens with zero attached hydrogens (tertiary/aromatic N) is 2. The van der Waals surface area contributed by atoms with Crippen LogP contribution in [0.5, 0.6) is 0 Å². The molecule has 0 unspecified atom stereocenters. The predicted molar refractivity (Wildman–Crippen MR) is 234 cm³/mol. The van der Waals surface area contributed by atoms with Gasteiger partial charge in [0.05, 0.1) is 5.69 Å². The Kier molecular flexibility index (Phi) is 8.35. The van der Waals surface area contributed by atoms with Crippen LogP contribution in [0.4, 0.5) is 34.1 Å². The number of benzene rings is 7. The van der Waals surface area contributed by atoms with E-state index in [9.17, 15) is 0 Å². The molecule has 55 heavy (non-hydrogen) atoms. The van der Waals surface area contributed by atoms with E-state index < -0.39 is 0 Å². The van der Waals surface area contributed by atoms with Crippen molar-refractivity contribution in [3.8, 4) is 22.3 Å². The molecule has 0 amide bonds. The maximum atomic E-state index is 2.45. The summed E-state index contributed by atoms with van der Waals surface area (Å²) in [5, 5.41) is 0. The molecule has 7 aromatic carbocycles. The lowest BCUT2D eigenvalue weighted by molar-refractivity contribution is 0.332. The van der Waals surface area contributed by atoms with Gasteiger partial charge in [-0.25, -0.2) is 0 Å². The minimum Gasteiger partial charge on any atom is -0.310 e. The first kappa shape index (κ1) is 34.9. The van der Waals surface area contributed by atoms with Crippen molar-refractivity contribution in [2.24, 2.45) is 0 Å². The number of fused-ring (bicyclic) bond motifs is 4. The van der Waals surface area contributed by atoms with Crippen LogP contribution in [0.25, 0.3) is 22.3 Å². The van der Waals surface area contributed by atoms with E-state index in [-0.39, 0.29) is 16.2 Å². The summed E-state index contributed by atoms with van der Waals surface area (Å²) in [6.45, 7) is 14.3. The molecular weight excluding hydrogens is 665 g/mol. The maximum Gasteiger partial charge on any atom is 0.0508 e. The summed E-state index contributed by atoms with van der Waals surface area (Å²) in [6, 6.07) is 62.6. The van der Waals surface area contributed by atoms with Crippen molar-refractivity contribution in [1.29, 1.82) is 0 Å². The van der Waals surface area contributed by atoms with E-state index in [1.54, 1.807) is 0 Å². The molecule has 7 aromatic rings. The molecular formula is C53H50N2. The molecule has 0 fully saturated rings. The smallest absolute Gasteiger partial charge is 0.0508 e. The predicted octanol–water partition coefficient (Wildman–Crippen LogP) is 14.9. The van der Waals surface area contributed by atoms with Crippen LogP contribution in [0.2, 0.25) is 0 Å². The third-order valence-corrected chi connectivity index (χ3v) is 12.5. The maximum absolute atomic E-state index is 2.45. The average Bonchev–Trinajstić information content (AvgIpc) is 3.45. The standard InChI is InChI=1S/C53H50N2/c1-51(2)34-35-52(3,4)48-36-43(32-33-47(48)51)54(39-16-9-7-10-17-39)41-28-24-37(25-29-41)38-26-30-42(31-27-38)55(40-18-11-8-12-19-40)49-23-15-21-45-44-20-13-14-22-46(44)53(5,6)50(45)49/h7-33,36H,34-35H2,1-6H3. The van der Waals surface area contributed by atoms with Crippen molar-refractivity contribution in [3.63, 3.8) is 0 Å². The Labute approximate surface area is 327 Å². The van der Waals surface area contributed by atoms with Crippen LogP contribution in [-0.4, -0.2) is 0 Å². The third kappa shape index (κ3) is 5.96. The van der Waals surface area contributed by atoms with E-state index in [0.717, 1.165) is 22.7 Å². The van der Waals surface area contributed by atoms with Crippen LogP contribution in [0.3, 0.4) is 0 Å². The van der Waals surface area contributed by atoms with E-state index in [0.29, 0.717) is 0 Å². The molecule has 0 saturated carbocycles. The average molecular weight is 715 g/mol. The lowest BCUT2D eigenvalue weighted by Gasteiger charge is -2.42. The number of para-hydroxylation sites is 2. The largest absolute Gasteiger partial charge is 0.310 e. The summed E-state index contributed by atoms with van der Waals surface area (Å²) in [5.74, 6) is 0. The SMILES string of the molecule is CC1(C)CCC(C)(C)c2cc(N(c3ccccc3)c3ccc(-c4ccc(N(c5ccccc5)c5cccc6c5C(C)(C)c5ccccc5-6)cc4)cc3)ccc21. The summed E-state index contributed by atoms with van der Waals surface area (Å²) in [5.41, 5.74) is 18.0. The second kappa shape index (κ2) is 13.2. The minimum atomic E-state index is -0.128. The Hall–Kier alpha value is -5.86. The normalized spacial score (nSPS) is 15.7. The Bertz CT molecular complexity index is 2490. The number of rotatable bonds is 7. The van der Waals surface area contributed by atoms with E-state index >= 15 is 0 Å². The van der Waals surface area contributed by atoms with Gasteiger partial charge in [-0.15, -0.1) is 0 Å². The van der Waals surface area contributed by atoms with Crippen molar-refractivity contribution >= 4 is 34.1 Å². The highest BCUT2D eigenvalue weighted by Gasteiger charge is 2.39. The fourth-order valence-electron chi connectivity index (χ4n) is 9.36. The summed E-state index contributed by atoms with van der Waals surface area (Å²) < 4.78 is 0. The molecule has 2 nitrogen and oxygen atoms in total. The van der Waals surface area contributed by atoms with Gasteiger partial charge in [0.15, 0.2) is 0 Å². The zero-order chi connectivity index (χ0) is 38.0. The van der Waals surface area contributed by atoms with Crippen molar-refractivity contribution in [2.75, 3.05) is 9.80 Å². The van der Waals surface area contributed by atoms with Gasteiger partial charge in [0.1, 0.15) is 0 Å². The first-order chi connectivity index (χ1) is 26.5. The molecule has 2 aliphatic rings. The van der Waals surface area contributed by atoms with Crippen LogP contribution >= 0.6 is 0 Å². The fourth-order valence-corrected chi connectivity index (χ4v) is 9.36. The van der Waals surface area contributed by atoms with Crippen LogP contribution < -0.4 is 9.80 Å². The van der Waals surface area contributed by atoms with E-state index in [1.165, 1.54) is 68.7 Å². The molecule has 0 heterocycles. The molecule has 2 aliphatic carbocycles. The van der Waals surface area contributed by atoms with E-state index in [2.05, 4.69) is 221 Å². The molecule has 0 aliphatic heterocycles. The molecule has 0 radical (unpaired) electrons. The zero-order valence-corrected chi connectivity index (χ0v) is 33.0.